The third-order valence-corrected chi connectivity index (χ3v) is 2.82. The van der Waals surface area contributed by atoms with Gasteiger partial charge < -0.3 is 4.74 Å². The lowest BCUT2D eigenvalue weighted by atomic mass is 10.3. The number of ether oxygens (including phenoxy) is 1. The molecule has 0 aliphatic rings. The fourth-order valence-electron chi connectivity index (χ4n) is 1.33. The van der Waals surface area contributed by atoms with Crippen LogP contribution in [0.3, 0.4) is 0 Å². The van der Waals surface area contributed by atoms with Gasteiger partial charge in [-0.1, -0.05) is 0 Å². The highest BCUT2D eigenvalue weighted by atomic mass is 32.1. The topological polar surface area (TPSA) is 43.6 Å². The second kappa shape index (κ2) is 3.86. The summed E-state index contributed by atoms with van der Waals surface area (Å²) in [6.45, 7) is 1.91. The average molecular weight is 222 g/mol. The highest BCUT2D eigenvalue weighted by Crippen LogP contribution is 2.17. The van der Waals surface area contributed by atoms with E-state index in [1.807, 2.05) is 22.9 Å². The van der Waals surface area contributed by atoms with Crippen molar-refractivity contribution in [1.29, 1.82) is 0 Å². The van der Waals surface area contributed by atoms with Gasteiger partial charge in [-0.15, -0.1) is 11.3 Å². The van der Waals surface area contributed by atoms with Crippen molar-refractivity contribution in [2.45, 2.75) is 6.92 Å². The summed E-state index contributed by atoms with van der Waals surface area (Å²) in [5, 5.41) is 1.96. The van der Waals surface area contributed by atoms with Gasteiger partial charge in [0.15, 0.2) is 4.96 Å². The predicted molar refractivity (Wildman–Crippen MR) is 58.9 cm³/mol. The van der Waals surface area contributed by atoms with Crippen molar-refractivity contribution in [1.82, 2.24) is 9.38 Å². The van der Waals surface area contributed by atoms with Gasteiger partial charge in [-0.3, -0.25) is 4.40 Å². The summed E-state index contributed by atoms with van der Waals surface area (Å²) < 4.78 is 6.47. The van der Waals surface area contributed by atoms with E-state index >= 15 is 0 Å². The minimum Gasteiger partial charge on any atom is -0.466 e. The van der Waals surface area contributed by atoms with E-state index in [1.165, 1.54) is 13.2 Å². The Hall–Kier alpha value is -1.62. The second-order valence-corrected chi connectivity index (χ2v) is 3.87. The summed E-state index contributed by atoms with van der Waals surface area (Å²) in [5.41, 5.74) is 1.82. The molecule has 15 heavy (non-hydrogen) atoms. The Labute approximate surface area is 90.8 Å². The molecular weight excluding hydrogens is 212 g/mol. The molecule has 2 aromatic heterocycles. The number of rotatable bonds is 2. The molecule has 0 N–H and O–H groups in total. The number of aromatic nitrogens is 2. The summed E-state index contributed by atoms with van der Waals surface area (Å²) in [4.78, 5) is 16.2. The number of thiazole rings is 1. The van der Waals surface area contributed by atoms with Gasteiger partial charge in [0, 0.05) is 17.7 Å². The Bertz CT molecular complexity index is 524. The van der Waals surface area contributed by atoms with Crippen LogP contribution in [0, 0.1) is 6.92 Å². The van der Waals surface area contributed by atoms with E-state index in [0.717, 1.165) is 16.3 Å². The van der Waals surface area contributed by atoms with Crippen LogP contribution in [0.4, 0.5) is 0 Å². The van der Waals surface area contributed by atoms with Crippen LogP contribution in [0.15, 0.2) is 17.7 Å². The van der Waals surface area contributed by atoms with Crippen LogP contribution < -0.4 is 0 Å². The zero-order chi connectivity index (χ0) is 10.8. The van der Waals surface area contributed by atoms with Crippen molar-refractivity contribution in [2.24, 2.45) is 0 Å². The molecule has 0 aliphatic heterocycles. The van der Waals surface area contributed by atoms with Crippen molar-refractivity contribution < 1.29 is 9.53 Å². The van der Waals surface area contributed by atoms with Gasteiger partial charge in [0.1, 0.15) is 0 Å². The molecule has 0 amide bonds. The number of esters is 1. The second-order valence-electron chi connectivity index (χ2n) is 2.99. The Balaban J connectivity index is 2.41. The van der Waals surface area contributed by atoms with Crippen molar-refractivity contribution >= 4 is 28.3 Å². The molecule has 0 aliphatic carbocycles. The lowest BCUT2D eigenvalue weighted by molar-refractivity contribution is -0.134. The van der Waals surface area contributed by atoms with E-state index in [1.54, 1.807) is 17.4 Å². The maximum absolute atomic E-state index is 11.0. The van der Waals surface area contributed by atoms with Gasteiger partial charge in [-0.2, -0.15) is 0 Å². The first-order valence-corrected chi connectivity index (χ1v) is 5.28. The predicted octanol–water partition coefficient (Wildman–Crippen LogP) is 1.89. The number of hydrogen-bond acceptors (Lipinski definition) is 4. The van der Waals surface area contributed by atoms with Gasteiger partial charge in [0.05, 0.1) is 18.5 Å². The van der Waals surface area contributed by atoms with Gasteiger partial charge in [0.2, 0.25) is 0 Å². The van der Waals surface area contributed by atoms with Gasteiger partial charge in [0.25, 0.3) is 0 Å². The van der Waals surface area contributed by atoms with Crippen LogP contribution in [0.1, 0.15) is 11.4 Å². The molecule has 0 spiro atoms. The number of methoxy groups -OCH3 is 1. The van der Waals surface area contributed by atoms with E-state index in [4.69, 9.17) is 0 Å². The van der Waals surface area contributed by atoms with Gasteiger partial charge >= 0.3 is 5.97 Å². The molecular formula is C10H10N2O2S. The minimum atomic E-state index is -0.362. The lowest BCUT2D eigenvalue weighted by Crippen LogP contribution is -1.94. The molecule has 78 valence electrons. The summed E-state index contributed by atoms with van der Waals surface area (Å²) >= 11 is 1.56. The number of fused-ring (bicyclic) bond motifs is 1. The number of aryl methyl sites for hydroxylation is 1. The molecule has 5 heteroatoms. The summed E-state index contributed by atoms with van der Waals surface area (Å²) in [6.07, 6.45) is 5.04. The average Bonchev–Trinajstić information content (AvgIpc) is 2.75. The van der Waals surface area contributed by atoms with E-state index in [0.29, 0.717) is 0 Å². The minimum absolute atomic E-state index is 0.362. The first-order chi connectivity index (χ1) is 7.22. The first kappa shape index (κ1) is 9.92. The van der Waals surface area contributed by atoms with Crippen LogP contribution in [-0.4, -0.2) is 22.5 Å². The largest absolute Gasteiger partial charge is 0.466 e. The normalized spacial score (nSPS) is 11.3. The lowest BCUT2D eigenvalue weighted by Gasteiger charge is -1.92. The molecule has 0 saturated heterocycles. The third-order valence-electron chi connectivity index (χ3n) is 2.06. The standard InChI is InChI=1S/C10H10N2O2S/c1-7-8(3-4-9(13)14-2)12-5-6-15-10(12)11-7/h3-6H,1-2H3. The highest BCUT2D eigenvalue weighted by Gasteiger charge is 2.06. The Kier molecular flexibility index (Phi) is 2.55. The maximum atomic E-state index is 11.0. The van der Waals surface area contributed by atoms with E-state index in [9.17, 15) is 4.79 Å². The van der Waals surface area contributed by atoms with Crippen LogP contribution in [0.25, 0.3) is 11.0 Å². The molecule has 0 saturated carbocycles. The number of hydrogen-bond donors (Lipinski definition) is 0. The molecule has 0 bridgehead atoms. The van der Waals surface area contributed by atoms with Gasteiger partial charge in [-0.05, 0) is 13.0 Å². The molecule has 4 nitrogen and oxygen atoms in total. The van der Waals surface area contributed by atoms with Crippen molar-refractivity contribution in [3.63, 3.8) is 0 Å². The molecule has 2 heterocycles. The Morgan fingerprint density at radius 1 is 1.67 bits per heavy atom. The van der Waals surface area contributed by atoms with Crippen molar-refractivity contribution in [3.05, 3.63) is 29.0 Å². The quantitative estimate of drug-likeness (QED) is 0.575. The summed E-state index contributed by atoms with van der Waals surface area (Å²) in [7, 11) is 1.36. The van der Waals surface area contributed by atoms with Crippen LogP contribution in [0.2, 0.25) is 0 Å². The third kappa shape index (κ3) is 1.78. The highest BCUT2D eigenvalue weighted by molar-refractivity contribution is 7.15. The molecule has 0 unspecified atom stereocenters. The molecule has 0 fully saturated rings. The number of nitrogens with zero attached hydrogens (tertiary/aromatic N) is 2. The van der Waals surface area contributed by atoms with Gasteiger partial charge in [-0.25, -0.2) is 9.78 Å². The van der Waals surface area contributed by atoms with E-state index < -0.39 is 0 Å². The summed E-state index contributed by atoms with van der Waals surface area (Å²) in [6, 6.07) is 0. The summed E-state index contributed by atoms with van der Waals surface area (Å²) in [5.74, 6) is -0.362. The fourth-order valence-corrected chi connectivity index (χ4v) is 2.09. The zero-order valence-corrected chi connectivity index (χ0v) is 9.25. The number of carbonyl (C=O) groups is 1. The van der Waals surface area contributed by atoms with E-state index in [-0.39, 0.29) is 5.97 Å². The number of imidazole rings is 1. The SMILES string of the molecule is COC(=O)C=Cc1c(C)nc2sccn12. The molecule has 0 radical (unpaired) electrons. The Morgan fingerprint density at radius 3 is 3.20 bits per heavy atom. The zero-order valence-electron chi connectivity index (χ0n) is 8.43. The first-order valence-electron chi connectivity index (χ1n) is 4.40. The molecule has 0 atom stereocenters. The van der Waals surface area contributed by atoms with E-state index in [2.05, 4.69) is 9.72 Å². The maximum Gasteiger partial charge on any atom is 0.330 e. The molecule has 2 aromatic rings. The fraction of sp³-hybridized carbons (Fsp3) is 0.200. The van der Waals surface area contributed by atoms with Crippen molar-refractivity contribution in [2.75, 3.05) is 7.11 Å². The smallest absolute Gasteiger partial charge is 0.330 e. The van der Waals surface area contributed by atoms with Crippen LogP contribution in [0.5, 0.6) is 0 Å². The van der Waals surface area contributed by atoms with Crippen LogP contribution in [-0.2, 0) is 9.53 Å². The number of carbonyl (C=O) groups excluding carboxylic acids is 1. The molecule has 2 rings (SSSR count). The van der Waals surface area contributed by atoms with Crippen LogP contribution >= 0.6 is 11.3 Å². The van der Waals surface area contributed by atoms with Crippen molar-refractivity contribution in [3.8, 4) is 0 Å². The Morgan fingerprint density at radius 2 is 2.47 bits per heavy atom. The monoisotopic (exact) mass is 222 g/mol. The molecule has 0 aromatic carbocycles.